The average Bonchev–Trinajstić information content (AvgIpc) is 3.34. The van der Waals surface area contributed by atoms with E-state index < -0.39 is 0 Å². The Morgan fingerprint density at radius 1 is 0.941 bits per heavy atom. The van der Waals surface area contributed by atoms with Crippen LogP contribution in [0.25, 0.3) is 5.82 Å². The molecule has 1 aliphatic rings. The van der Waals surface area contributed by atoms with E-state index >= 15 is 0 Å². The van der Waals surface area contributed by atoms with E-state index in [1.165, 1.54) is 0 Å². The first-order valence-electron chi connectivity index (χ1n) is 11.7. The zero-order valence-electron chi connectivity index (χ0n) is 19.3. The predicted molar refractivity (Wildman–Crippen MR) is 133 cm³/mol. The van der Waals surface area contributed by atoms with Gasteiger partial charge in [-0.3, -0.25) is 9.36 Å². The number of hydrogen-bond donors (Lipinski definition) is 0. The summed E-state index contributed by atoms with van der Waals surface area (Å²) >= 11 is 0. The Morgan fingerprint density at radius 2 is 1.62 bits per heavy atom. The zero-order valence-corrected chi connectivity index (χ0v) is 19.3. The SMILES string of the molecule is Cc1nccn1-c1cc(N2CCC(C(=O)N(Cc3ccccc3)c3ccccc3)CC2)ncn1. The quantitative estimate of drug-likeness (QED) is 0.433. The highest BCUT2D eigenvalue weighted by molar-refractivity contribution is 5.95. The molecule has 0 unspecified atom stereocenters. The highest BCUT2D eigenvalue weighted by atomic mass is 16.2. The van der Waals surface area contributed by atoms with Gasteiger partial charge in [0.15, 0.2) is 0 Å². The molecule has 5 rings (SSSR count). The van der Waals surface area contributed by atoms with Crippen molar-refractivity contribution in [3.8, 4) is 5.82 Å². The maximum absolute atomic E-state index is 13.7. The van der Waals surface area contributed by atoms with Crippen molar-refractivity contribution in [3.05, 3.63) is 96.8 Å². The molecular formula is C27H28N6O. The first-order chi connectivity index (χ1) is 16.7. The maximum atomic E-state index is 13.7. The van der Waals surface area contributed by atoms with Crippen molar-refractivity contribution in [3.63, 3.8) is 0 Å². The minimum atomic E-state index is -0.0163. The van der Waals surface area contributed by atoms with Crippen LogP contribution in [-0.4, -0.2) is 38.5 Å². The molecule has 7 heteroatoms. The molecular weight excluding hydrogens is 424 g/mol. The molecule has 0 N–H and O–H groups in total. The third-order valence-corrected chi connectivity index (χ3v) is 6.40. The van der Waals surface area contributed by atoms with Gasteiger partial charge in [-0.1, -0.05) is 48.5 Å². The van der Waals surface area contributed by atoms with Gasteiger partial charge in [0.25, 0.3) is 0 Å². The highest BCUT2D eigenvalue weighted by Gasteiger charge is 2.30. The minimum Gasteiger partial charge on any atom is -0.356 e. The van der Waals surface area contributed by atoms with Crippen molar-refractivity contribution in [1.82, 2.24) is 19.5 Å². The lowest BCUT2D eigenvalue weighted by Gasteiger charge is -2.35. The standard InChI is InChI=1S/C27H28N6O/c1-21-28-14-17-32(21)26-18-25(29-20-30-26)31-15-12-23(13-16-31)27(34)33(24-10-6-3-7-11-24)19-22-8-4-2-5-9-22/h2-11,14,17-18,20,23H,12-13,15-16,19H2,1H3. The van der Waals surface area contributed by atoms with Crippen molar-refractivity contribution in [2.75, 3.05) is 22.9 Å². The molecule has 1 aliphatic heterocycles. The number of anilines is 2. The van der Waals surface area contributed by atoms with Crippen LogP contribution in [0, 0.1) is 12.8 Å². The normalized spacial score (nSPS) is 14.2. The second-order valence-corrected chi connectivity index (χ2v) is 8.59. The largest absolute Gasteiger partial charge is 0.356 e. The lowest BCUT2D eigenvalue weighted by atomic mass is 9.94. The van der Waals surface area contributed by atoms with E-state index in [0.29, 0.717) is 6.54 Å². The third kappa shape index (κ3) is 4.69. The minimum absolute atomic E-state index is 0.0163. The first-order valence-corrected chi connectivity index (χ1v) is 11.7. The molecule has 0 bridgehead atoms. The smallest absolute Gasteiger partial charge is 0.230 e. The topological polar surface area (TPSA) is 67.2 Å². The Labute approximate surface area is 199 Å². The van der Waals surface area contributed by atoms with Crippen LogP contribution in [0.1, 0.15) is 24.2 Å². The molecule has 0 atom stereocenters. The van der Waals surface area contributed by atoms with Crippen molar-refractivity contribution in [2.24, 2.45) is 5.92 Å². The van der Waals surface area contributed by atoms with Crippen molar-refractivity contribution < 1.29 is 4.79 Å². The first kappa shape index (κ1) is 21.8. The van der Waals surface area contributed by atoms with Gasteiger partial charge in [-0.25, -0.2) is 15.0 Å². The average molecular weight is 453 g/mol. The Morgan fingerprint density at radius 3 is 2.29 bits per heavy atom. The van der Waals surface area contributed by atoms with Crippen LogP contribution in [0.4, 0.5) is 11.5 Å². The second kappa shape index (κ2) is 9.87. The van der Waals surface area contributed by atoms with Crippen molar-refractivity contribution in [1.29, 1.82) is 0 Å². The molecule has 1 saturated heterocycles. The molecule has 2 aromatic heterocycles. The fraction of sp³-hybridized carbons (Fsp3) is 0.259. The van der Waals surface area contributed by atoms with Crippen LogP contribution in [-0.2, 0) is 11.3 Å². The lowest BCUT2D eigenvalue weighted by Crippen LogP contribution is -2.42. The number of imidazole rings is 1. The fourth-order valence-corrected chi connectivity index (χ4v) is 4.51. The summed E-state index contributed by atoms with van der Waals surface area (Å²) in [5.41, 5.74) is 2.07. The molecule has 2 aromatic carbocycles. The molecule has 34 heavy (non-hydrogen) atoms. The van der Waals surface area contributed by atoms with Gasteiger partial charge in [-0.2, -0.15) is 0 Å². The molecule has 0 spiro atoms. The second-order valence-electron chi connectivity index (χ2n) is 8.59. The summed E-state index contributed by atoms with van der Waals surface area (Å²) in [6, 6.07) is 22.1. The lowest BCUT2D eigenvalue weighted by molar-refractivity contribution is -0.123. The fourth-order valence-electron chi connectivity index (χ4n) is 4.51. The van der Waals surface area contributed by atoms with E-state index in [1.807, 2.05) is 77.2 Å². The summed E-state index contributed by atoms with van der Waals surface area (Å²) in [6.45, 7) is 4.09. The predicted octanol–water partition coefficient (Wildman–Crippen LogP) is 4.42. The summed E-state index contributed by atoms with van der Waals surface area (Å²) in [7, 11) is 0. The number of nitrogens with zero attached hydrogens (tertiary/aromatic N) is 6. The van der Waals surface area contributed by atoms with E-state index in [-0.39, 0.29) is 11.8 Å². The summed E-state index contributed by atoms with van der Waals surface area (Å²) in [5.74, 6) is 2.74. The monoisotopic (exact) mass is 452 g/mol. The number of carbonyl (C=O) groups excluding carboxylic acids is 1. The van der Waals surface area contributed by atoms with Crippen molar-refractivity contribution in [2.45, 2.75) is 26.3 Å². The van der Waals surface area contributed by atoms with E-state index in [1.54, 1.807) is 12.5 Å². The van der Waals surface area contributed by atoms with Crippen LogP contribution in [0.3, 0.4) is 0 Å². The molecule has 3 heterocycles. The van der Waals surface area contributed by atoms with Gasteiger partial charge in [-0.05, 0) is 37.5 Å². The summed E-state index contributed by atoms with van der Waals surface area (Å²) in [6.07, 6.45) is 6.85. The Kier molecular flexibility index (Phi) is 6.33. The third-order valence-electron chi connectivity index (χ3n) is 6.40. The molecule has 172 valence electrons. The Hall–Kier alpha value is -4.00. The number of benzene rings is 2. The van der Waals surface area contributed by atoms with Gasteiger partial charge in [-0.15, -0.1) is 0 Å². The number of para-hydroxylation sites is 1. The molecule has 1 amide bonds. The van der Waals surface area contributed by atoms with E-state index in [4.69, 9.17) is 0 Å². The number of aryl methyl sites for hydroxylation is 1. The molecule has 0 saturated carbocycles. The number of amides is 1. The van der Waals surface area contributed by atoms with Crippen LogP contribution in [0.2, 0.25) is 0 Å². The zero-order chi connectivity index (χ0) is 23.3. The number of carbonyl (C=O) groups is 1. The van der Waals surface area contributed by atoms with E-state index in [9.17, 15) is 4.79 Å². The van der Waals surface area contributed by atoms with Crippen LogP contribution >= 0.6 is 0 Å². The number of hydrogen-bond acceptors (Lipinski definition) is 5. The number of piperidine rings is 1. The molecule has 7 nitrogen and oxygen atoms in total. The summed E-state index contributed by atoms with van der Waals surface area (Å²) in [5, 5.41) is 0. The van der Waals surface area contributed by atoms with Gasteiger partial charge >= 0.3 is 0 Å². The molecule has 1 fully saturated rings. The van der Waals surface area contributed by atoms with Gasteiger partial charge in [0.2, 0.25) is 5.91 Å². The molecule has 0 radical (unpaired) electrons. The number of aromatic nitrogens is 4. The molecule has 0 aliphatic carbocycles. The number of rotatable bonds is 6. The van der Waals surface area contributed by atoms with E-state index in [0.717, 1.165) is 54.6 Å². The Bertz CT molecular complexity index is 1230. The highest BCUT2D eigenvalue weighted by Crippen LogP contribution is 2.27. The van der Waals surface area contributed by atoms with Crippen molar-refractivity contribution >= 4 is 17.4 Å². The van der Waals surface area contributed by atoms with Gasteiger partial charge in [0, 0.05) is 43.2 Å². The summed E-state index contributed by atoms with van der Waals surface area (Å²) in [4.78, 5) is 31.0. The Balaban J connectivity index is 1.29. The van der Waals surface area contributed by atoms with Crippen LogP contribution in [0.15, 0.2) is 85.5 Å². The van der Waals surface area contributed by atoms with Gasteiger partial charge in [0.05, 0.1) is 6.54 Å². The van der Waals surface area contributed by atoms with Crippen LogP contribution in [0.5, 0.6) is 0 Å². The maximum Gasteiger partial charge on any atom is 0.230 e. The summed E-state index contributed by atoms with van der Waals surface area (Å²) < 4.78 is 1.95. The van der Waals surface area contributed by atoms with Crippen LogP contribution < -0.4 is 9.80 Å². The van der Waals surface area contributed by atoms with E-state index in [2.05, 4.69) is 32.0 Å². The molecule has 4 aromatic rings. The van der Waals surface area contributed by atoms with Gasteiger partial charge in [0.1, 0.15) is 23.8 Å². The van der Waals surface area contributed by atoms with Gasteiger partial charge < -0.3 is 9.80 Å².